The summed E-state index contributed by atoms with van der Waals surface area (Å²) in [6.45, 7) is 1.66. The van der Waals surface area contributed by atoms with Crippen molar-refractivity contribution in [3.05, 3.63) is 53.9 Å². The predicted octanol–water partition coefficient (Wildman–Crippen LogP) is 4.24. The first-order valence-electron chi connectivity index (χ1n) is 8.00. The number of methoxy groups -OCH3 is 1. The summed E-state index contributed by atoms with van der Waals surface area (Å²) in [4.78, 5) is 15.5. The van der Waals surface area contributed by atoms with Crippen molar-refractivity contribution in [3.8, 4) is 0 Å². The molecular formula is C17H15F4N5O2. The van der Waals surface area contributed by atoms with Gasteiger partial charge in [0.15, 0.2) is 5.82 Å². The maximum atomic E-state index is 14.2. The first-order valence-corrected chi connectivity index (χ1v) is 8.00. The lowest BCUT2D eigenvalue weighted by Crippen LogP contribution is -2.22. The van der Waals surface area contributed by atoms with E-state index < -0.39 is 29.8 Å². The highest BCUT2D eigenvalue weighted by molar-refractivity contribution is 6.00. The Morgan fingerprint density at radius 1 is 1.29 bits per heavy atom. The van der Waals surface area contributed by atoms with Gasteiger partial charge in [-0.25, -0.2) is 13.7 Å². The first kappa shape index (κ1) is 19.5. The van der Waals surface area contributed by atoms with E-state index in [0.29, 0.717) is 11.6 Å². The second-order valence-corrected chi connectivity index (χ2v) is 5.81. The summed E-state index contributed by atoms with van der Waals surface area (Å²) in [7, 11) is 1.42. The van der Waals surface area contributed by atoms with E-state index in [1.54, 1.807) is 6.92 Å². The lowest BCUT2D eigenvalue weighted by atomic mass is 10.1. The van der Waals surface area contributed by atoms with E-state index in [1.165, 1.54) is 36.2 Å². The SMILES string of the molecule is CO[C@@H](C)c1c(NC(=O)Nc2ccnc(C(F)(F)F)c2)cnn2ccc(F)c12. The molecule has 1 atom stereocenters. The Bertz CT molecular complexity index is 1020. The molecule has 0 fully saturated rings. The third-order valence-corrected chi connectivity index (χ3v) is 3.99. The number of nitrogens with zero attached hydrogens (tertiary/aromatic N) is 3. The van der Waals surface area contributed by atoms with Crippen LogP contribution in [0.1, 0.15) is 24.3 Å². The van der Waals surface area contributed by atoms with E-state index in [2.05, 4.69) is 20.7 Å². The summed E-state index contributed by atoms with van der Waals surface area (Å²) in [6, 6.07) is 2.30. The highest BCUT2D eigenvalue weighted by Gasteiger charge is 2.32. The number of fused-ring (bicyclic) bond motifs is 1. The Morgan fingerprint density at radius 2 is 2.04 bits per heavy atom. The van der Waals surface area contributed by atoms with Crippen molar-refractivity contribution in [2.75, 3.05) is 17.7 Å². The summed E-state index contributed by atoms with van der Waals surface area (Å²) in [5.74, 6) is -0.556. The van der Waals surface area contributed by atoms with Crippen LogP contribution in [-0.2, 0) is 10.9 Å². The molecule has 28 heavy (non-hydrogen) atoms. The van der Waals surface area contributed by atoms with Crippen molar-refractivity contribution >= 4 is 22.9 Å². The number of rotatable bonds is 4. The Balaban J connectivity index is 1.88. The number of alkyl halides is 3. The maximum Gasteiger partial charge on any atom is 0.433 e. The van der Waals surface area contributed by atoms with E-state index in [1.807, 2.05) is 0 Å². The van der Waals surface area contributed by atoms with Crippen LogP contribution in [0.5, 0.6) is 0 Å². The molecule has 2 amide bonds. The zero-order valence-corrected chi connectivity index (χ0v) is 14.7. The fourth-order valence-corrected chi connectivity index (χ4v) is 2.64. The van der Waals surface area contributed by atoms with Gasteiger partial charge in [0.1, 0.15) is 11.2 Å². The number of carbonyl (C=O) groups excluding carboxylic acids is 1. The molecule has 0 aliphatic heterocycles. The summed E-state index contributed by atoms with van der Waals surface area (Å²) in [5.41, 5.74) is -0.639. The van der Waals surface area contributed by atoms with E-state index in [0.717, 1.165) is 6.20 Å². The van der Waals surface area contributed by atoms with Gasteiger partial charge in [-0.1, -0.05) is 0 Å². The third kappa shape index (κ3) is 3.88. The van der Waals surface area contributed by atoms with Crippen molar-refractivity contribution < 1.29 is 27.1 Å². The van der Waals surface area contributed by atoms with E-state index >= 15 is 0 Å². The largest absolute Gasteiger partial charge is 0.433 e. The zero-order chi connectivity index (χ0) is 20.5. The van der Waals surface area contributed by atoms with E-state index in [9.17, 15) is 22.4 Å². The molecule has 0 aliphatic carbocycles. The van der Waals surface area contributed by atoms with Crippen LogP contribution < -0.4 is 10.6 Å². The van der Waals surface area contributed by atoms with Crippen LogP contribution in [0.25, 0.3) is 5.52 Å². The highest BCUT2D eigenvalue weighted by atomic mass is 19.4. The van der Waals surface area contributed by atoms with Crippen molar-refractivity contribution in [1.82, 2.24) is 14.6 Å². The third-order valence-electron chi connectivity index (χ3n) is 3.99. The second kappa shape index (κ2) is 7.43. The summed E-state index contributed by atoms with van der Waals surface area (Å²) in [5, 5.41) is 8.76. The van der Waals surface area contributed by atoms with Gasteiger partial charge in [0, 0.05) is 30.8 Å². The minimum absolute atomic E-state index is 0.107. The Labute approximate surface area is 156 Å². The van der Waals surface area contributed by atoms with Gasteiger partial charge in [-0.2, -0.15) is 18.3 Å². The Hall–Kier alpha value is -3.21. The number of hydrogen-bond donors (Lipinski definition) is 2. The standard InChI is InChI=1S/C17H15F4N5O2/c1-9(28-2)14-12(8-23-26-6-4-11(18)15(14)26)25-16(27)24-10-3-5-22-13(7-10)17(19,20)21/h3-9H,1-2H3,(H2,22,24,25,27)/t9-/m0/s1. The predicted molar refractivity (Wildman–Crippen MR) is 92.5 cm³/mol. The summed E-state index contributed by atoms with van der Waals surface area (Å²) >= 11 is 0. The molecule has 0 bridgehead atoms. The number of nitrogens with one attached hydrogen (secondary N) is 2. The van der Waals surface area contributed by atoms with Crippen LogP contribution in [0.2, 0.25) is 0 Å². The molecular weight excluding hydrogens is 382 g/mol. The van der Waals surface area contributed by atoms with E-state index in [4.69, 9.17) is 4.74 Å². The fourth-order valence-electron chi connectivity index (χ4n) is 2.64. The van der Waals surface area contributed by atoms with Gasteiger partial charge in [0.05, 0.1) is 18.0 Å². The van der Waals surface area contributed by atoms with Crippen LogP contribution in [0, 0.1) is 5.82 Å². The number of halogens is 4. The number of anilines is 2. The van der Waals surface area contributed by atoms with Gasteiger partial charge in [-0.05, 0) is 25.1 Å². The van der Waals surface area contributed by atoms with Gasteiger partial charge in [-0.15, -0.1) is 0 Å². The van der Waals surface area contributed by atoms with Crippen molar-refractivity contribution in [2.24, 2.45) is 0 Å². The zero-order valence-electron chi connectivity index (χ0n) is 14.7. The number of carbonyl (C=O) groups is 1. The molecule has 7 nitrogen and oxygen atoms in total. The quantitative estimate of drug-likeness (QED) is 0.646. The van der Waals surface area contributed by atoms with Crippen LogP contribution in [0.3, 0.4) is 0 Å². The molecule has 3 heterocycles. The average molecular weight is 397 g/mol. The number of aromatic nitrogens is 3. The smallest absolute Gasteiger partial charge is 0.377 e. The molecule has 0 radical (unpaired) electrons. The van der Waals surface area contributed by atoms with Crippen molar-refractivity contribution in [1.29, 1.82) is 0 Å². The number of urea groups is 1. The number of pyridine rings is 1. The van der Waals surface area contributed by atoms with Crippen LogP contribution >= 0.6 is 0 Å². The molecule has 2 N–H and O–H groups in total. The lowest BCUT2D eigenvalue weighted by Gasteiger charge is -2.17. The van der Waals surface area contributed by atoms with E-state index in [-0.39, 0.29) is 16.9 Å². The van der Waals surface area contributed by atoms with Crippen LogP contribution in [0.4, 0.5) is 33.7 Å². The monoisotopic (exact) mass is 397 g/mol. The van der Waals surface area contributed by atoms with Crippen molar-refractivity contribution in [3.63, 3.8) is 0 Å². The molecule has 3 aromatic heterocycles. The summed E-state index contributed by atoms with van der Waals surface area (Å²) in [6.07, 6.45) is -1.60. The second-order valence-electron chi connectivity index (χ2n) is 5.81. The van der Waals surface area contributed by atoms with Crippen molar-refractivity contribution in [2.45, 2.75) is 19.2 Å². The average Bonchev–Trinajstić information content (AvgIpc) is 3.01. The topological polar surface area (TPSA) is 80.5 Å². The van der Waals surface area contributed by atoms with Gasteiger partial charge < -0.3 is 15.4 Å². The van der Waals surface area contributed by atoms with Gasteiger partial charge in [0.2, 0.25) is 0 Å². The fraction of sp³-hybridized carbons (Fsp3) is 0.235. The lowest BCUT2D eigenvalue weighted by molar-refractivity contribution is -0.141. The number of hydrogen-bond acceptors (Lipinski definition) is 4. The molecule has 3 rings (SSSR count). The molecule has 0 unspecified atom stereocenters. The molecule has 0 spiro atoms. The number of amides is 2. The van der Waals surface area contributed by atoms with Crippen LogP contribution in [-0.4, -0.2) is 27.7 Å². The Morgan fingerprint density at radius 3 is 2.71 bits per heavy atom. The molecule has 0 saturated heterocycles. The minimum Gasteiger partial charge on any atom is -0.377 e. The number of ether oxygens (including phenoxy) is 1. The molecule has 0 saturated carbocycles. The molecule has 0 aromatic carbocycles. The molecule has 0 aliphatic rings. The summed E-state index contributed by atoms with van der Waals surface area (Å²) < 4.78 is 58.9. The van der Waals surface area contributed by atoms with Gasteiger partial charge in [0.25, 0.3) is 0 Å². The molecule has 3 aromatic rings. The molecule has 11 heteroatoms. The maximum absolute atomic E-state index is 14.2. The Kier molecular flexibility index (Phi) is 5.18. The highest BCUT2D eigenvalue weighted by Crippen LogP contribution is 2.31. The van der Waals surface area contributed by atoms with Gasteiger partial charge >= 0.3 is 12.2 Å². The van der Waals surface area contributed by atoms with Crippen LogP contribution in [0.15, 0.2) is 36.8 Å². The van der Waals surface area contributed by atoms with Gasteiger partial charge in [-0.3, -0.25) is 4.98 Å². The first-order chi connectivity index (χ1) is 13.2. The molecule has 148 valence electrons. The minimum atomic E-state index is -4.64. The normalized spacial score (nSPS) is 12.8.